The number of ether oxygens (including phenoxy) is 6. The molecule has 0 aromatic rings. The van der Waals surface area contributed by atoms with Gasteiger partial charge in [-0.1, -0.05) is 18.6 Å². The molecule has 7 atom stereocenters. The van der Waals surface area contributed by atoms with Gasteiger partial charge in [0.05, 0.1) is 26.4 Å². The van der Waals surface area contributed by atoms with E-state index in [4.69, 9.17) is 28.4 Å². The molecule has 0 N–H and O–H groups in total. The fraction of sp³-hybridized carbons (Fsp3) is 0.828. The largest absolute Gasteiger partial charge is 0.462 e. The molecule has 0 amide bonds. The van der Waals surface area contributed by atoms with Gasteiger partial charge in [0.1, 0.15) is 19.0 Å². The highest BCUT2D eigenvalue weighted by atomic mass is 16.8. The highest BCUT2D eigenvalue weighted by Crippen LogP contribution is 2.68. The van der Waals surface area contributed by atoms with Crippen molar-refractivity contribution in [3.63, 3.8) is 0 Å². The zero-order chi connectivity index (χ0) is 26.8. The van der Waals surface area contributed by atoms with Crippen molar-refractivity contribution in [3.05, 3.63) is 11.6 Å². The van der Waals surface area contributed by atoms with Crippen LogP contribution in [0.4, 0.5) is 0 Å². The van der Waals surface area contributed by atoms with Gasteiger partial charge in [-0.25, -0.2) is 0 Å². The summed E-state index contributed by atoms with van der Waals surface area (Å²) in [6, 6.07) is 0. The van der Waals surface area contributed by atoms with Gasteiger partial charge in [-0.15, -0.1) is 0 Å². The number of hydrogen-bond donors (Lipinski definition) is 0. The third-order valence-electron chi connectivity index (χ3n) is 10.8. The van der Waals surface area contributed by atoms with Crippen LogP contribution in [0, 0.1) is 34.5 Å². The summed E-state index contributed by atoms with van der Waals surface area (Å²) in [4.78, 5) is 37.4. The Hall–Kier alpha value is -1.81. The normalized spacial score (nSPS) is 42.5. The lowest BCUT2D eigenvalue weighted by Crippen LogP contribution is -2.62. The molecule has 0 bridgehead atoms. The van der Waals surface area contributed by atoms with Gasteiger partial charge in [0, 0.05) is 43.9 Å². The van der Waals surface area contributed by atoms with E-state index < -0.39 is 29.1 Å². The highest BCUT2D eigenvalue weighted by molar-refractivity contribution is 5.67. The van der Waals surface area contributed by atoms with Crippen LogP contribution in [0.15, 0.2) is 11.6 Å². The van der Waals surface area contributed by atoms with Crippen LogP contribution < -0.4 is 0 Å². The molecule has 6 rings (SSSR count). The van der Waals surface area contributed by atoms with Gasteiger partial charge in [-0.3, -0.25) is 9.59 Å². The molecule has 4 aliphatic carbocycles. The van der Waals surface area contributed by atoms with E-state index >= 15 is 0 Å². The Morgan fingerprint density at radius 3 is 2.39 bits per heavy atom. The maximum Gasteiger partial charge on any atom is 0.302 e. The second kappa shape index (κ2) is 9.39. The van der Waals surface area contributed by atoms with E-state index in [1.165, 1.54) is 19.4 Å². The van der Waals surface area contributed by atoms with Crippen LogP contribution in [0.5, 0.6) is 0 Å². The van der Waals surface area contributed by atoms with E-state index in [9.17, 15) is 14.4 Å². The fourth-order valence-corrected chi connectivity index (χ4v) is 9.38. The molecule has 0 aromatic heterocycles. The Bertz CT molecular complexity index is 1010. The molecule has 6 aliphatic rings. The van der Waals surface area contributed by atoms with Crippen LogP contribution in [0.2, 0.25) is 0 Å². The van der Waals surface area contributed by atoms with Gasteiger partial charge < -0.3 is 33.2 Å². The quantitative estimate of drug-likeness (QED) is 0.299. The van der Waals surface area contributed by atoms with Crippen molar-refractivity contribution in [2.24, 2.45) is 34.5 Å². The lowest BCUT2D eigenvalue weighted by atomic mass is 9.45. The third-order valence-corrected chi connectivity index (χ3v) is 10.8. The van der Waals surface area contributed by atoms with E-state index in [1.807, 2.05) is 0 Å². The van der Waals surface area contributed by atoms with Crippen molar-refractivity contribution < 1.29 is 42.8 Å². The molecular formula is C29H40O9. The number of aldehydes is 1. The molecule has 9 heteroatoms. The minimum Gasteiger partial charge on any atom is -0.462 e. The predicted octanol–water partition coefficient (Wildman–Crippen LogP) is 3.34. The van der Waals surface area contributed by atoms with Gasteiger partial charge >= 0.3 is 11.9 Å². The number of carbonyl (C=O) groups excluding carboxylic acids is 3. The van der Waals surface area contributed by atoms with Crippen LogP contribution in [-0.2, 0) is 42.8 Å². The van der Waals surface area contributed by atoms with Crippen LogP contribution in [-0.4, -0.2) is 68.9 Å². The summed E-state index contributed by atoms with van der Waals surface area (Å²) in [5.74, 6) is -2.39. The molecule has 2 heterocycles. The summed E-state index contributed by atoms with van der Waals surface area (Å²) >= 11 is 0. The first-order valence-corrected chi connectivity index (χ1v) is 14.2. The van der Waals surface area contributed by atoms with Crippen LogP contribution in [0.3, 0.4) is 0 Å². The molecule has 0 aromatic carbocycles. The van der Waals surface area contributed by atoms with Crippen LogP contribution in [0.1, 0.15) is 65.7 Å². The summed E-state index contributed by atoms with van der Waals surface area (Å²) in [6.45, 7) is 7.07. The Morgan fingerprint density at radius 2 is 1.74 bits per heavy atom. The fourth-order valence-electron chi connectivity index (χ4n) is 9.38. The van der Waals surface area contributed by atoms with Gasteiger partial charge in [0.25, 0.3) is 0 Å². The summed E-state index contributed by atoms with van der Waals surface area (Å²) in [6.07, 6.45) is 8.24. The number of rotatable bonds is 5. The second-order valence-electron chi connectivity index (χ2n) is 12.5. The zero-order valence-corrected chi connectivity index (χ0v) is 22.7. The number of carbonyl (C=O) groups is 3. The first kappa shape index (κ1) is 26.4. The molecular weight excluding hydrogens is 492 g/mol. The molecule has 3 saturated carbocycles. The van der Waals surface area contributed by atoms with E-state index in [0.717, 1.165) is 44.8 Å². The molecule has 210 valence electrons. The van der Waals surface area contributed by atoms with Crippen molar-refractivity contribution in [1.82, 2.24) is 0 Å². The smallest absolute Gasteiger partial charge is 0.302 e. The average molecular weight is 533 g/mol. The summed E-state index contributed by atoms with van der Waals surface area (Å²) in [5.41, 5.74) is 0.346. The van der Waals surface area contributed by atoms with Crippen LogP contribution >= 0.6 is 0 Å². The SMILES string of the molecule is CC(=O)OCC1([C@H]2CC[C@H]3[C@@H]4CC=C5CC6(CC[C@]5(C)[C@H]4[C@@H](OC(C)=O)C[C@]23C=O)OCCO6)OCCO1. The third kappa shape index (κ3) is 3.91. The Kier molecular flexibility index (Phi) is 6.53. The van der Waals surface area contributed by atoms with E-state index in [1.54, 1.807) is 0 Å². The van der Waals surface area contributed by atoms with E-state index in [0.29, 0.717) is 32.8 Å². The summed E-state index contributed by atoms with van der Waals surface area (Å²) in [5, 5.41) is 0. The van der Waals surface area contributed by atoms with Crippen molar-refractivity contribution in [3.8, 4) is 0 Å². The van der Waals surface area contributed by atoms with Gasteiger partial charge in [-0.05, 0) is 49.4 Å². The van der Waals surface area contributed by atoms with E-state index in [-0.39, 0.29) is 41.7 Å². The number of hydrogen-bond acceptors (Lipinski definition) is 9. The Balaban J connectivity index is 1.38. The van der Waals surface area contributed by atoms with Crippen LogP contribution in [0.25, 0.3) is 0 Å². The van der Waals surface area contributed by atoms with Crippen molar-refractivity contribution in [2.45, 2.75) is 83.4 Å². The average Bonchev–Trinajstić information content (AvgIpc) is 3.62. The van der Waals surface area contributed by atoms with Gasteiger partial charge in [-0.2, -0.15) is 0 Å². The van der Waals surface area contributed by atoms with Gasteiger partial charge in [0.15, 0.2) is 5.79 Å². The Labute approximate surface area is 223 Å². The molecule has 9 nitrogen and oxygen atoms in total. The summed E-state index contributed by atoms with van der Waals surface area (Å²) < 4.78 is 36.0. The van der Waals surface area contributed by atoms with Gasteiger partial charge in [0.2, 0.25) is 5.79 Å². The van der Waals surface area contributed by atoms with E-state index in [2.05, 4.69) is 13.0 Å². The minimum atomic E-state index is -1.16. The maximum absolute atomic E-state index is 13.2. The monoisotopic (exact) mass is 532 g/mol. The molecule has 2 saturated heterocycles. The standard InChI is InChI=1S/C29H40O9/c1-18(31)33-17-29(36-12-13-37-29)24-7-6-22-21-5-4-20-14-28(34-10-11-35-28)9-8-26(20,3)25(21)23(38-19(2)32)15-27(22,24)16-30/h4,16,21-25H,5-15,17H2,1-3H3/t21-,22-,23-,24-,25+,26-,27+/m0/s1. The molecule has 38 heavy (non-hydrogen) atoms. The lowest BCUT2D eigenvalue weighted by Gasteiger charge is -2.60. The lowest BCUT2D eigenvalue weighted by molar-refractivity contribution is -0.253. The molecule has 0 radical (unpaired) electrons. The highest BCUT2D eigenvalue weighted by Gasteiger charge is 2.69. The molecule has 0 unspecified atom stereocenters. The molecule has 2 aliphatic heterocycles. The number of esters is 2. The maximum atomic E-state index is 13.2. The zero-order valence-electron chi connectivity index (χ0n) is 22.7. The summed E-state index contributed by atoms with van der Waals surface area (Å²) in [7, 11) is 0. The van der Waals surface area contributed by atoms with Crippen molar-refractivity contribution in [1.29, 1.82) is 0 Å². The number of fused-ring (bicyclic) bond motifs is 5. The first-order valence-electron chi connectivity index (χ1n) is 14.2. The Morgan fingerprint density at radius 1 is 1.03 bits per heavy atom. The predicted molar refractivity (Wildman–Crippen MR) is 132 cm³/mol. The molecule has 1 spiro atoms. The van der Waals surface area contributed by atoms with Crippen molar-refractivity contribution in [2.75, 3.05) is 33.0 Å². The molecule has 5 fully saturated rings. The first-order chi connectivity index (χ1) is 18.2. The van der Waals surface area contributed by atoms with Crippen molar-refractivity contribution >= 4 is 18.2 Å². The topological polar surface area (TPSA) is 107 Å². The minimum absolute atomic E-state index is 0.0501. The number of allylic oxidation sites excluding steroid dienone is 1. The second-order valence-corrected chi connectivity index (χ2v) is 12.5.